The molecule has 0 aliphatic rings. The van der Waals surface area contributed by atoms with E-state index in [2.05, 4.69) is 29.8 Å². The van der Waals surface area contributed by atoms with Gasteiger partial charge in [-0.3, -0.25) is 0 Å². The first-order valence-electron chi connectivity index (χ1n) is 6.31. The van der Waals surface area contributed by atoms with Crippen LogP contribution in [0.5, 0.6) is 0 Å². The van der Waals surface area contributed by atoms with Gasteiger partial charge in [-0.05, 0) is 18.9 Å². The minimum Gasteiger partial charge on any atom is -0.389 e. The van der Waals surface area contributed by atoms with Crippen molar-refractivity contribution < 1.29 is 5.11 Å². The van der Waals surface area contributed by atoms with Gasteiger partial charge in [0.15, 0.2) is 0 Å². The molecule has 0 bridgehead atoms. The maximum Gasteiger partial charge on any atom is 0.134 e. The number of aliphatic hydroxyl groups excluding tert-OH is 1. The molecule has 0 saturated carbocycles. The van der Waals surface area contributed by atoms with Gasteiger partial charge >= 0.3 is 0 Å². The fraction of sp³-hybridized carbons (Fsp3) is 0.571. The van der Waals surface area contributed by atoms with Gasteiger partial charge in [0, 0.05) is 24.8 Å². The van der Waals surface area contributed by atoms with Gasteiger partial charge in [0.05, 0.1) is 18.6 Å². The second-order valence-corrected chi connectivity index (χ2v) is 4.84. The zero-order valence-corrected chi connectivity index (χ0v) is 11.3. The largest absolute Gasteiger partial charge is 0.389 e. The van der Waals surface area contributed by atoms with Crippen molar-refractivity contribution in [3.8, 4) is 6.07 Å². The fourth-order valence-corrected chi connectivity index (χ4v) is 1.91. The van der Waals surface area contributed by atoms with Crippen LogP contribution in [-0.4, -0.2) is 23.2 Å². The van der Waals surface area contributed by atoms with Crippen LogP contribution in [-0.2, 0) is 0 Å². The van der Waals surface area contributed by atoms with E-state index < -0.39 is 6.10 Å². The molecule has 1 rings (SSSR count). The fourth-order valence-electron chi connectivity index (χ4n) is 1.91. The highest BCUT2D eigenvalue weighted by Crippen LogP contribution is 2.24. The molecule has 18 heavy (non-hydrogen) atoms. The Balaban J connectivity index is 3.00. The predicted octanol–water partition coefficient (Wildman–Crippen LogP) is 2.51. The molecule has 4 nitrogen and oxygen atoms in total. The molecular formula is C14H21N3O. The topological polar surface area (TPSA) is 60.2 Å². The highest BCUT2D eigenvalue weighted by atomic mass is 16.3. The van der Waals surface area contributed by atoms with Crippen LogP contribution in [0.25, 0.3) is 0 Å². The second kappa shape index (κ2) is 6.97. The Bertz CT molecular complexity index is 410. The van der Waals surface area contributed by atoms with E-state index >= 15 is 0 Å². The molecule has 0 aliphatic carbocycles. The molecule has 1 unspecified atom stereocenters. The van der Waals surface area contributed by atoms with Gasteiger partial charge in [-0.25, -0.2) is 4.98 Å². The average Bonchev–Trinajstić information content (AvgIpc) is 2.34. The van der Waals surface area contributed by atoms with E-state index in [4.69, 9.17) is 5.26 Å². The third-order valence-electron chi connectivity index (χ3n) is 2.65. The van der Waals surface area contributed by atoms with Gasteiger partial charge in [0.2, 0.25) is 0 Å². The number of nitriles is 1. The van der Waals surface area contributed by atoms with Crippen LogP contribution in [0, 0.1) is 17.2 Å². The van der Waals surface area contributed by atoms with E-state index in [1.54, 1.807) is 13.1 Å². The Morgan fingerprint density at radius 1 is 1.44 bits per heavy atom. The summed E-state index contributed by atoms with van der Waals surface area (Å²) in [5.74, 6) is 1.27. The van der Waals surface area contributed by atoms with E-state index in [0.29, 0.717) is 18.9 Å². The normalized spacial score (nSPS) is 12.2. The number of anilines is 1. The number of hydrogen-bond acceptors (Lipinski definition) is 4. The Labute approximate surface area is 109 Å². The molecule has 0 aromatic carbocycles. The molecular weight excluding hydrogens is 226 g/mol. The van der Waals surface area contributed by atoms with Gasteiger partial charge < -0.3 is 10.0 Å². The van der Waals surface area contributed by atoms with Gasteiger partial charge in [0.25, 0.3) is 0 Å². The summed E-state index contributed by atoms with van der Waals surface area (Å²) in [6, 6.07) is 5.86. The first kappa shape index (κ1) is 14.5. The monoisotopic (exact) mass is 247 g/mol. The van der Waals surface area contributed by atoms with Gasteiger partial charge in [-0.2, -0.15) is 5.26 Å². The molecule has 0 amide bonds. The smallest absolute Gasteiger partial charge is 0.134 e. The summed E-state index contributed by atoms with van der Waals surface area (Å²) >= 11 is 0. The van der Waals surface area contributed by atoms with Crippen molar-refractivity contribution in [1.29, 1.82) is 5.26 Å². The van der Waals surface area contributed by atoms with Crippen LogP contribution in [0.3, 0.4) is 0 Å². The van der Waals surface area contributed by atoms with Crippen molar-refractivity contribution >= 4 is 5.82 Å². The summed E-state index contributed by atoms with van der Waals surface area (Å²) in [7, 11) is 0. The van der Waals surface area contributed by atoms with Crippen molar-refractivity contribution in [3.63, 3.8) is 0 Å². The summed E-state index contributed by atoms with van der Waals surface area (Å²) in [6.45, 7) is 7.47. The number of hydrogen-bond donors (Lipinski definition) is 1. The summed E-state index contributed by atoms with van der Waals surface area (Å²) in [6.07, 6.45) is 1.63. The maximum absolute atomic E-state index is 9.78. The molecule has 1 aromatic heterocycles. The van der Waals surface area contributed by atoms with Gasteiger partial charge in [0.1, 0.15) is 5.82 Å². The minimum atomic E-state index is -0.551. The Kier molecular flexibility index (Phi) is 5.60. The highest BCUT2D eigenvalue weighted by molar-refractivity contribution is 5.47. The summed E-state index contributed by atoms with van der Waals surface area (Å²) in [5, 5.41) is 18.5. The van der Waals surface area contributed by atoms with Crippen molar-refractivity contribution in [2.45, 2.75) is 33.3 Å². The number of pyridine rings is 1. The lowest BCUT2D eigenvalue weighted by Gasteiger charge is -2.27. The van der Waals surface area contributed by atoms with Crippen molar-refractivity contribution in [1.82, 2.24) is 4.98 Å². The quantitative estimate of drug-likeness (QED) is 0.839. The van der Waals surface area contributed by atoms with Gasteiger partial charge in [-0.1, -0.05) is 19.9 Å². The number of rotatable bonds is 6. The first-order chi connectivity index (χ1) is 8.56. The van der Waals surface area contributed by atoms with Crippen LogP contribution in [0.4, 0.5) is 5.82 Å². The van der Waals surface area contributed by atoms with Crippen LogP contribution in [0.2, 0.25) is 0 Å². The lowest BCUT2D eigenvalue weighted by atomic mass is 10.1. The molecule has 4 heteroatoms. The molecule has 1 heterocycles. The van der Waals surface area contributed by atoms with E-state index in [1.165, 1.54) is 0 Å². The molecule has 98 valence electrons. The molecule has 0 aliphatic heterocycles. The molecule has 1 aromatic rings. The first-order valence-corrected chi connectivity index (χ1v) is 6.31. The van der Waals surface area contributed by atoms with Crippen LogP contribution < -0.4 is 4.90 Å². The summed E-state index contributed by atoms with van der Waals surface area (Å²) < 4.78 is 0. The average molecular weight is 247 g/mol. The van der Waals surface area contributed by atoms with Crippen molar-refractivity contribution in [3.05, 3.63) is 23.9 Å². The van der Waals surface area contributed by atoms with E-state index in [9.17, 15) is 5.11 Å². The molecule has 0 saturated heterocycles. The number of aliphatic hydroxyl groups is 1. The van der Waals surface area contributed by atoms with E-state index in [-0.39, 0.29) is 0 Å². The van der Waals surface area contributed by atoms with E-state index in [0.717, 1.165) is 17.9 Å². The molecule has 0 radical (unpaired) electrons. The zero-order valence-electron chi connectivity index (χ0n) is 11.3. The maximum atomic E-state index is 9.78. The number of aromatic nitrogens is 1. The molecule has 0 spiro atoms. The lowest BCUT2D eigenvalue weighted by molar-refractivity contribution is 0.199. The summed E-state index contributed by atoms with van der Waals surface area (Å²) in [4.78, 5) is 6.44. The van der Waals surface area contributed by atoms with Gasteiger partial charge in [-0.15, -0.1) is 0 Å². The molecule has 0 fully saturated rings. The second-order valence-electron chi connectivity index (χ2n) is 4.84. The standard InChI is InChI=1S/C14H21N3O/c1-11(2)10-17(9-5-7-15)14-13(12(3)18)6-4-8-16-14/h4,6,8,11-12,18H,5,9-10H2,1-3H3. The zero-order chi connectivity index (χ0) is 13.5. The third kappa shape index (κ3) is 4.01. The van der Waals surface area contributed by atoms with Crippen LogP contribution in [0.15, 0.2) is 18.3 Å². The third-order valence-corrected chi connectivity index (χ3v) is 2.65. The van der Waals surface area contributed by atoms with Crippen molar-refractivity contribution in [2.24, 2.45) is 5.92 Å². The minimum absolute atomic E-state index is 0.461. The van der Waals surface area contributed by atoms with Crippen LogP contribution >= 0.6 is 0 Å². The van der Waals surface area contributed by atoms with E-state index in [1.807, 2.05) is 12.1 Å². The van der Waals surface area contributed by atoms with Crippen LogP contribution in [0.1, 0.15) is 38.9 Å². The summed E-state index contributed by atoms with van der Waals surface area (Å²) in [5.41, 5.74) is 0.816. The van der Waals surface area contributed by atoms with Crippen molar-refractivity contribution in [2.75, 3.05) is 18.0 Å². The Morgan fingerprint density at radius 2 is 2.17 bits per heavy atom. The molecule has 1 N–H and O–H groups in total. The predicted molar refractivity (Wildman–Crippen MR) is 72.2 cm³/mol. The molecule has 1 atom stereocenters. The Morgan fingerprint density at radius 3 is 2.72 bits per heavy atom. The lowest BCUT2D eigenvalue weighted by Crippen LogP contribution is -2.30. The Hall–Kier alpha value is -1.60. The number of nitrogens with zero attached hydrogens (tertiary/aromatic N) is 3. The SMILES string of the molecule is CC(C)CN(CCC#N)c1ncccc1C(C)O. The highest BCUT2D eigenvalue weighted by Gasteiger charge is 2.16.